The van der Waals surface area contributed by atoms with Crippen LogP contribution >= 0.6 is 0 Å². The van der Waals surface area contributed by atoms with Gasteiger partial charge in [0.25, 0.3) is 5.91 Å². The molecule has 3 heteroatoms. The lowest BCUT2D eigenvalue weighted by atomic mass is 10.5. The maximum absolute atomic E-state index is 10.2. The number of aliphatic hydroxyl groups is 1. The number of carbonyl (C=O) groups is 1. The molecular formula is C6H7NO2. The van der Waals surface area contributed by atoms with Gasteiger partial charge in [-0.3, -0.25) is 4.79 Å². The van der Waals surface area contributed by atoms with Crippen molar-refractivity contribution in [3.05, 3.63) is 12.3 Å². The lowest BCUT2D eigenvalue weighted by Gasteiger charge is -1.90. The van der Waals surface area contributed by atoms with Crippen molar-refractivity contribution >= 4 is 5.91 Å². The second-order valence-electron chi connectivity index (χ2n) is 1.24. The number of hydrogen-bond donors (Lipinski definition) is 2. The number of nitrogens with one attached hydrogen (secondary N) is 1. The zero-order valence-electron chi connectivity index (χ0n) is 4.79. The topological polar surface area (TPSA) is 49.3 Å². The van der Waals surface area contributed by atoms with Gasteiger partial charge in [-0.1, -0.05) is 0 Å². The Morgan fingerprint density at radius 1 is 1.89 bits per heavy atom. The Bertz CT molecular complexity index is 155. The molecule has 0 bridgehead atoms. The van der Waals surface area contributed by atoms with E-state index in [1.54, 1.807) is 0 Å². The molecule has 0 atom stereocenters. The molecule has 0 aliphatic carbocycles. The van der Waals surface area contributed by atoms with E-state index in [9.17, 15) is 4.79 Å². The molecule has 0 heterocycles. The van der Waals surface area contributed by atoms with Gasteiger partial charge in [0, 0.05) is 6.54 Å². The quantitative estimate of drug-likeness (QED) is 0.397. The van der Waals surface area contributed by atoms with E-state index in [-0.39, 0.29) is 6.54 Å². The molecule has 0 aliphatic heterocycles. The Kier molecular flexibility index (Phi) is 3.97. The maximum atomic E-state index is 10.2. The maximum Gasteiger partial charge on any atom is 0.295 e. The monoisotopic (exact) mass is 125 g/mol. The number of terminal acetylenes is 1. The van der Waals surface area contributed by atoms with Crippen LogP contribution in [0.15, 0.2) is 12.3 Å². The summed E-state index contributed by atoms with van der Waals surface area (Å²) in [5.41, 5.74) is 0. The first-order chi connectivity index (χ1) is 4.31. The van der Waals surface area contributed by atoms with Crippen LogP contribution in [0.4, 0.5) is 0 Å². The van der Waals surface area contributed by atoms with Crippen molar-refractivity contribution in [3.63, 3.8) is 0 Å². The number of hydrogen-bond acceptors (Lipinski definition) is 2. The van der Waals surface area contributed by atoms with Crippen LogP contribution in [0.3, 0.4) is 0 Å². The molecule has 48 valence electrons. The second kappa shape index (κ2) is 4.72. The van der Waals surface area contributed by atoms with Crippen molar-refractivity contribution < 1.29 is 9.90 Å². The lowest BCUT2D eigenvalue weighted by Crippen LogP contribution is -2.20. The van der Waals surface area contributed by atoms with Crippen LogP contribution in [-0.2, 0) is 4.79 Å². The van der Waals surface area contributed by atoms with E-state index in [4.69, 9.17) is 11.5 Å². The van der Waals surface area contributed by atoms with Gasteiger partial charge in [0.15, 0.2) is 0 Å². The van der Waals surface area contributed by atoms with Gasteiger partial charge in [-0.25, -0.2) is 0 Å². The van der Waals surface area contributed by atoms with E-state index in [2.05, 4.69) is 5.32 Å². The number of amides is 1. The summed E-state index contributed by atoms with van der Waals surface area (Å²) in [6, 6.07) is 0. The average Bonchev–Trinajstić information content (AvgIpc) is 1.89. The number of aliphatic hydroxyl groups excluding tert-OH is 1. The molecule has 3 nitrogen and oxygen atoms in total. The van der Waals surface area contributed by atoms with Crippen molar-refractivity contribution in [2.75, 3.05) is 6.54 Å². The molecule has 1 amide bonds. The van der Waals surface area contributed by atoms with Crippen molar-refractivity contribution in [2.24, 2.45) is 0 Å². The standard InChI is InChI=1S/C6H7NO2/c1-2-6(9)7-4-3-5-8/h1,3,5,8H,4H2,(H,7,9). The molecule has 0 aromatic carbocycles. The van der Waals surface area contributed by atoms with Gasteiger partial charge < -0.3 is 10.4 Å². The van der Waals surface area contributed by atoms with Gasteiger partial charge in [-0.05, 0) is 12.0 Å². The van der Waals surface area contributed by atoms with Gasteiger partial charge in [0.05, 0.1) is 6.26 Å². The summed E-state index contributed by atoms with van der Waals surface area (Å²) < 4.78 is 0. The summed E-state index contributed by atoms with van der Waals surface area (Å²) in [6.45, 7) is 0.263. The van der Waals surface area contributed by atoms with Crippen LogP contribution in [0.1, 0.15) is 0 Å². The average molecular weight is 125 g/mol. The first-order valence-corrected chi connectivity index (χ1v) is 2.35. The highest BCUT2D eigenvalue weighted by Crippen LogP contribution is 1.64. The first kappa shape index (κ1) is 7.57. The molecule has 0 aromatic heterocycles. The minimum atomic E-state index is -0.479. The third-order valence-corrected chi connectivity index (χ3v) is 0.617. The largest absolute Gasteiger partial charge is 0.516 e. The molecular weight excluding hydrogens is 118 g/mol. The van der Waals surface area contributed by atoms with Crippen LogP contribution in [0.25, 0.3) is 0 Å². The molecule has 0 saturated carbocycles. The summed E-state index contributed by atoms with van der Waals surface area (Å²) in [7, 11) is 0. The molecule has 0 unspecified atom stereocenters. The highest BCUT2D eigenvalue weighted by atomic mass is 16.2. The number of carbonyl (C=O) groups excluding carboxylic acids is 1. The summed E-state index contributed by atoms with van der Waals surface area (Å²) in [5.74, 6) is 1.38. The number of rotatable bonds is 2. The van der Waals surface area contributed by atoms with Crippen LogP contribution in [0.5, 0.6) is 0 Å². The summed E-state index contributed by atoms with van der Waals surface area (Å²) >= 11 is 0. The molecule has 0 aromatic rings. The molecule has 0 spiro atoms. The minimum absolute atomic E-state index is 0.263. The van der Waals surface area contributed by atoms with Crippen LogP contribution in [0.2, 0.25) is 0 Å². The van der Waals surface area contributed by atoms with Crippen molar-refractivity contribution in [2.45, 2.75) is 0 Å². The lowest BCUT2D eigenvalue weighted by molar-refractivity contribution is -0.115. The molecule has 0 rings (SSSR count). The first-order valence-electron chi connectivity index (χ1n) is 2.35. The Morgan fingerprint density at radius 2 is 2.56 bits per heavy atom. The van der Waals surface area contributed by atoms with Gasteiger partial charge in [-0.15, -0.1) is 6.42 Å². The molecule has 0 fully saturated rings. The van der Waals surface area contributed by atoms with E-state index in [1.807, 2.05) is 5.92 Å². The zero-order valence-corrected chi connectivity index (χ0v) is 4.79. The minimum Gasteiger partial charge on any atom is -0.516 e. The fraction of sp³-hybridized carbons (Fsp3) is 0.167. The second-order valence-corrected chi connectivity index (χ2v) is 1.24. The van der Waals surface area contributed by atoms with E-state index in [0.717, 1.165) is 6.26 Å². The van der Waals surface area contributed by atoms with Crippen LogP contribution in [-0.4, -0.2) is 17.6 Å². The van der Waals surface area contributed by atoms with Gasteiger partial charge in [0.2, 0.25) is 0 Å². The Balaban J connectivity index is 3.31. The molecule has 0 aliphatic rings. The van der Waals surface area contributed by atoms with Crippen LogP contribution < -0.4 is 5.32 Å². The molecule has 0 saturated heterocycles. The van der Waals surface area contributed by atoms with Gasteiger partial charge in [0.1, 0.15) is 0 Å². The van der Waals surface area contributed by atoms with Gasteiger partial charge >= 0.3 is 0 Å². The Hall–Kier alpha value is -1.43. The highest BCUT2D eigenvalue weighted by Gasteiger charge is 1.87. The zero-order chi connectivity index (χ0) is 7.11. The Labute approximate surface area is 53.4 Å². The van der Waals surface area contributed by atoms with Crippen molar-refractivity contribution in [1.82, 2.24) is 5.32 Å². The van der Waals surface area contributed by atoms with Crippen molar-refractivity contribution in [3.8, 4) is 12.3 Å². The van der Waals surface area contributed by atoms with Gasteiger partial charge in [-0.2, -0.15) is 0 Å². The van der Waals surface area contributed by atoms with E-state index >= 15 is 0 Å². The predicted octanol–water partition coefficient (Wildman–Crippen LogP) is -0.193. The van der Waals surface area contributed by atoms with Crippen LogP contribution in [0, 0.1) is 12.3 Å². The van der Waals surface area contributed by atoms with Crippen molar-refractivity contribution in [1.29, 1.82) is 0 Å². The summed E-state index contributed by atoms with van der Waals surface area (Å²) in [6.07, 6.45) is 6.92. The smallest absolute Gasteiger partial charge is 0.295 e. The van der Waals surface area contributed by atoms with E-state index in [0.29, 0.717) is 0 Å². The molecule has 2 N–H and O–H groups in total. The fourth-order valence-electron chi connectivity index (χ4n) is 0.255. The molecule has 9 heavy (non-hydrogen) atoms. The predicted molar refractivity (Wildman–Crippen MR) is 33.6 cm³/mol. The normalized spacial score (nSPS) is 8.78. The molecule has 0 radical (unpaired) electrons. The summed E-state index contributed by atoms with van der Waals surface area (Å²) in [4.78, 5) is 10.2. The van der Waals surface area contributed by atoms with E-state index < -0.39 is 5.91 Å². The summed E-state index contributed by atoms with van der Waals surface area (Å²) in [5, 5.41) is 10.4. The fourth-order valence-corrected chi connectivity index (χ4v) is 0.255. The SMILES string of the molecule is C#CC(=O)NCC=CO. The Morgan fingerprint density at radius 3 is 3.00 bits per heavy atom. The highest BCUT2D eigenvalue weighted by molar-refractivity contribution is 5.92. The van der Waals surface area contributed by atoms with E-state index in [1.165, 1.54) is 6.08 Å². The third-order valence-electron chi connectivity index (χ3n) is 0.617. The third kappa shape index (κ3) is 4.42.